The molecule has 1 aromatic heterocycles. The molecule has 0 radical (unpaired) electrons. The number of benzene rings is 1. The number of para-hydroxylation sites is 1. The van der Waals surface area contributed by atoms with E-state index in [2.05, 4.69) is 0 Å². The molecule has 2 rings (SSSR count). The fraction of sp³-hybridized carbons (Fsp3) is 0.444. The number of ether oxygens (including phenoxy) is 2. The monoisotopic (exact) mass is 317 g/mol. The van der Waals surface area contributed by atoms with E-state index in [1.54, 1.807) is 20.0 Å². The minimum absolute atomic E-state index is 0.132. The zero-order valence-corrected chi connectivity index (χ0v) is 14.3. The lowest BCUT2D eigenvalue weighted by Gasteiger charge is -2.19. The van der Waals surface area contributed by atoms with Gasteiger partial charge < -0.3 is 9.47 Å². The molecule has 0 aliphatic carbocycles. The van der Waals surface area contributed by atoms with E-state index in [0.29, 0.717) is 0 Å². The van der Waals surface area contributed by atoms with Gasteiger partial charge in [-0.3, -0.25) is 9.36 Å². The molecule has 0 aliphatic heterocycles. The summed E-state index contributed by atoms with van der Waals surface area (Å²) in [5, 5.41) is 0.870. The summed E-state index contributed by atoms with van der Waals surface area (Å²) in [5.74, 6) is -0.451. The van der Waals surface area contributed by atoms with Gasteiger partial charge in [0, 0.05) is 17.1 Å². The van der Waals surface area contributed by atoms with Crippen molar-refractivity contribution in [3.05, 3.63) is 36.0 Å². The van der Waals surface area contributed by atoms with Gasteiger partial charge in [0.25, 0.3) is 0 Å². The fourth-order valence-corrected chi connectivity index (χ4v) is 2.14. The third-order valence-electron chi connectivity index (χ3n) is 3.23. The molecule has 0 atom stereocenters. The Hall–Kier alpha value is -2.30. The van der Waals surface area contributed by atoms with E-state index in [4.69, 9.17) is 9.47 Å². The Balaban J connectivity index is 2.33. The average molecular weight is 317 g/mol. The molecule has 1 heterocycles. The van der Waals surface area contributed by atoms with E-state index in [-0.39, 0.29) is 18.5 Å². The second kappa shape index (κ2) is 6.44. The summed E-state index contributed by atoms with van der Waals surface area (Å²) in [6, 6.07) is 7.48. The van der Waals surface area contributed by atoms with Crippen molar-refractivity contribution in [1.29, 1.82) is 0 Å². The van der Waals surface area contributed by atoms with Crippen molar-refractivity contribution >= 4 is 23.0 Å². The molecule has 0 saturated heterocycles. The normalized spacial score (nSPS) is 11.7. The van der Waals surface area contributed by atoms with Crippen LogP contribution < -0.4 is 0 Å². The number of hydrogen-bond donors (Lipinski definition) is 0. The van der Waals surface area contributed by atoms with Crippen LogP contribution in [-0.4, -0.2) is 22.2 Å². The van der Waals surface area contributed by atoms with Crippen LogP contribution in [0.3, 0.4) is 0 Å². The van der Waals surface area contributed by atoms with Crippen molar-refractivity contribution in [2.45, 2.75) is 46.8 Å². The maximum absolute atomic E-state index is 12.4. The lowest BCUT2D eigenvalue weighted by atomic mass is 10.2. The summed E-state index contributed by atoms with van der Waals surface area (Å²) < 4.78 is 12.2. The third kappa shape index (κ3) is 4.12. The third-order valence-corrected chi connectivity index (χ3v) is 3.23. The van der Waals surface area contributed by atoms with Crippen molar-refractivity contribution in [2.75, 3.05) is 0 Å². The highest BCUT2D eigenvalue weighted by molar-refractivity contribution is 5.92. The average Bonchev–Trinajstić information content (AvgIpc) is 2.82. The molecule has 0 fully saturated rings. The fourth-order valence-electron chi connectivity index (χ4n) is 2.14. The standard InChI is InChI=1S/C18H23NO4/c1-12(2)16(20)22-11-13-10-19(17(21)23-18(3,4)5)15-9-7-6-8-14(13)15/h6-10,12H,11H2,1-5H3. The zero-order chi connectivity index (χ0) is 17.2. The van der Waals surface area contributed by atoms with Crippen LogP contribution in [0.25, 0.3) is 10.9 Å². The van der Waals surface area contributed by atoms with E-state index >= 15 is 0 Å². The second-order valence-electron chi connectivity index (χ2n) is 6.78. The number of aromatic nitrogens is 1. The summed E-state index contributed by atoms with van der Waals surface area (Å²) in [7, 11) is 0. The number of esters is 1. The molecule has 2 aromatic rings. The Bertz CT molecular complexity index is 722. The van der Waals surface area contributed by atoms with Crippen molar-refractivity contribution in [1.82, 2.24) is 4.57 Å². The molecular formula is C18H23NO4. The molecule has 0 amide bonds. The van der Waals surface area contributed by atoms with Crippen molar-refractivity contribution in [2.24, 2.45) is 5.92 Å². The van der Waals surface area contributed by atoms with E-state index < -0.39 is 11.7 Å². The molecular weight excluding hydrogens is 294 g/mol. The van der Waals surface area contributed by atoms with Gasteiger partial charge in [-0.25, -0.2) is 4.79 Å². The maximum atomic E-state index is 12.4. The van der Waals surface area contributed by atoms with Gasteiger partial charge in [-0.1, -0.05) is 32.0 Å². The molecule has 0 saturated carbocycles. The van der Waals surface area contributed by atoms with E-state index in [1.165, 1.54) is 4.57 Å². The smallest absolute Gasteiger partial charge is 0.419 e. The Kier molecular flexibility index (Phi) is 4.78. The first-order chi connectivity index (χ1) is 10.7. The van der Waals surface area contributed by atoms with Crippen molar-refractivity contribution in [3.8, 4) is 0 Å². The molecule has 1 aromatic carbocycles. The molecule has 124 valence electrons. The van der Waals surface area contributed by atoms with Gasteiger partial charge in [0.05, 0.1) is 11.4 Å². The van der Waals surface area contributed by atoms with Gasteiger partial charge in [-0.2, -0.15) is 0 Å². The number of carbonyl (C=O) groups is 2. The SMILES string of the molecule is CC(C)C(=O)OCc1cn(C(=O)OC(C)(C)C)c2ccccc12. The highest BCUT2D eigenvalue weighted by atomic mass is 16.6. The van der Waals surface area contributed by atoms with E-state index in [1.807, 2.05) is 45.0 Å². The molecule has 23 heavy (non-hydrogen) atoms. The first-order valence-corrected chi connectivity index (χ1v) is 7.68. The summed E-state index contributed by atoms with van der Waals surface area (Å²) in [6.45, 7) is 9.16. The van der Waals surface area contributed by atoms with Crippen LogP contribution in [0, 0.1) is 5.92 Å². The Morgan fingerprint density at radius 3 is 2.43 bits per heavy atom. The predicted molar refractivity (Wildman–Crippen MR) is 88.2 cm³/mol. The van der Waals surface area contributed by atoms with Crippen molar-refractivity contribution in [3.63, 3.8) is 0 Å². The van der Waals surface area contributed by atoms with Crippen LogP contribution in [0.5, 0.6) is 0 Å². The molecule has 5 nitrogen and oxygen atoms in total. The van der Waals surface area contributed by atoms with E-state index in [0.717, 1.165) is 16.5 Å². The van der Waals surface area contributed by atoms with E-state index in [9.17, 15) is 9.59 Å². The molecule has 0 bridgehead atoms. The molecule has 0 N–H and O–H groups in total. The van der Waals surface area contributed by atoms with Crippen LogP contribution in [0.1, 0.15) is 40.2 Å². The lowest BCUT2D eigenvalue weighted by Crippen LogP contribution is -2.26. The topological polar surface area (TPSA) is 57.5 Å². The quantitative estimate of drug-likeness (QED) is 0.799. The van der Waals surface area contributed by atoms with Crippen molar-refractivity contribution < 1.29 is 19.1 Å². The van der Waals surface area contributed by atoms with Crippen LogP contribution in [0.2, 0.25) is 0 Å². The molecule has 5 heteroatoms. The number of hydrogen-bond acceptors (Lipinski definition) is 4. The van der Waals surface area contributed by atoms with Gasteiger partial charge >= 0.3 is 12.1 Å². The summed E-state index contributed by atoms with van der Waals surface area (Å²) >= 11 is 0. The number of carbonyl (C=O) groups excluding carboxylic acids is 2. The Labute approximate surface area is 136 Å². The Morgan fingerprint density at radius 2 is 1.83 bits per heavy atom. The second-order valence-corrected chi connectivity index (χ2v) is 6.78. The van der Waals surface area contributed by atoms with Gasteiger partial charge in [-0.05, 0) is 26.8 Å². The van der Waals surface area contributed by atoms with Gasteiger partial charge in [-0.15, -0.1) is 0 Å². The number of fused-ring (bicyclic) bond motifs is 1. The molecule has 0 aliphatic rings. The first-order valence-electron chi connectivity index (χ1n) is 7.68. The van der Waals surface area contributed by atoms with Crippen LogP contribution in [0.15, 0.2) is 30.5 Å². The summed E-state index contributed by atoms with van der Waals surface area (Å²) in [5.41, 5.74) is 0.935. The first kappa shape index (κ1) is 17.1. The lowest BCUT2D eigenvalue weighted by molar-refractivity contribution is -0.148. The minimum atomic E-state index is -0.577. The van der Waals surface area contributed by atoms with Gasteiger partial charge in [0.2, 0.25) is 0 Å². The van der Waals surface area contributed by atoms with Crippen LogP contribution in [-0.2, 0) is 20.9 Å². The molecule has 0 spiro atoms. The Morgan fingerprint density at radius 1 is 1.17 bits per heavy atom. The number of rotatable bonds is 3. The largest absolute Gasteiger partial charge is 0.461 e. The van der Waals surface area contributed by atoms with Gasteiger partial charge in [0.15, 0.2) is 0 Å². The highest BCUT2D eigenvalue weighted by Crippen LogP contribution is 2.23. The highest BCUT2D eigenvalue weighted by Gasteiger charge is 2.21. The van der Waals surface area contributed by atoms with Crippen LogP contribution in [0.4, 0.5) is 4.79 Å². The predicted octanol–water partition coefficient (Wildman–Crippen LogP) is 4.12. The zero-order valence-electron chi connectivity index (χ0n) is 14.3. The summed E-state index contributed by atoms with van der Waals surface area (Å²) in [4.78, 5) is 24.0. The minimum Gasteiger partial charge on any atom is -0.461 e. The van der Waals surface area contributed by atoms with Gasteiger partial charge in [0.1, 0.15) is 12.2 Å². The summed E-state index contributed by atoms with van der Waals surface area (Å²) in [6.07, 6.45) is 1.22. The number of nitrogens with zero attached hydrogens (tertiary/aromatic N) is 1. The van der Waals surface area contributed by atoms with Crippen LogP contribution >= 0.6 is 0 Å². The maximum Gasteiger partial charge on any atom is 0.419 e. The molecule has 0 unspecified atom stereocenters.